The molecule has 0 aliphatic carbocycles. The number of ether oxygens (including phenoxy) is 1. The van der Waals surface area contributed by atoms with Gasteiger partial charge in [0.05, 0.1) is 12.7 Å². The molecule has 0 saturated heterocycles. The van der Waals surface area contributed by atoms with E-state index in [4.69, 9.17) is 10.5 Å². The molecule has 1 aromatic carbocycles. The molecule has 0 saturated carbocycles. The van der Waals surface area contributed by atoms with Crippen LogP contribution in [0.15, 0.2) is 18.2 Å². The molecule has 0 amide bonds. The van der Waals surface area contributed by atoms with Gasteiger partial charge in [-0.1, -0.05) is 45.2 Å². The van der Waals surface area contributed by atoms with E-state index in [1.165, 1.54) is 6.07 Å². The van der Waals surface area contributed by atoms with Gasteiger partial charge in [-0.2, -0.15) is 0 Å². The van der Waals surface area contributed by atoms with Gasteiger partial charge in [-0.05, 0) is 18.4 Å². The minimum Gasteiger partial charge on any atom is -0.372 e. The van der Waals surface area contributed by atoms with Gasteiger partial charge in [0, 0.05) is 12.1 Å². The van der Waals surface area contributed by atoms with Crippen LogP contribution >= 0.6 is 0 Å². The van der Waals surface area contributed by atoms with Crippen LogP contribution in [0, 0.1) is 17.6 Å². The molecule has 2 N–H and O–H groups in total. The van der Waals surface area contributed by atoms with Crippen LogP contribution in [-0.2, 0) is 4.74 Å². The molecular weight excluding hydrogens is 260 g/mol. The summed E-state index contributed by atoms with van der Waals surface area (Å²) in [7, 11) is 0. The summed E-state index contributed by atoms with van der Waals surface area (Å²) >= 11 is 0. The number of benzene rings is 1. The highest BCUT2D eigenvalue weighted by Gasteiger charge is 2.26. The molecule has 1 rings (SSSR count). The predicted octanol–water partition coefficient (Wildman–Crippen LogP) is 4.20. The Kier molecular flexibility index (Phi) is 7.70. The lowest BCUT2D eigenvalue weighted by molar-refractivity contribution is 0.00735. The third-order valence-electron chi connectivity index (χ3n) is 3.58. The first-order valence-electron chi connectivity index (χ1n) is 7.41. The van der Waals surface area contributed by atoms with Gasteiger partial charge in [-0.25, -0.2) is 8.78 Å². The van der Waals surface area contributed by atoms with E-state index < -0.39 is 17.7 Å². The smallest absolute Gasteiger partial charge is 0.164 e. The summed E-state index contributed by atoms with van der Waals surface area (Å²) in [5, 5.41) is 0. The second kappa shape index (κ2) is 9.03. The molecule has 0 unspecified atom stereocenters. The van der Waals surface area contributed by atoms with Crippen molar-refractivity contribution < 1.29 is 13.5 Å². The second-order valence-electron chi connectivity index (χ2n) is 5.03. The summed E-state index contributed by atoms with van der Waals surface area (Å²) in [4.78, 5) is 0. The van der Waals surface area contributed by atoms with Crippen molar-refractivity contribution in [3.05, 3.63) is 35.4 Å². The van der Waals surface area contributed by atoms with E-state index in [9.17, 15) is 8.78 Å². The molecule has 20 heavy (non-hydrogen) atoms. The van der Waals surface area contributed by atoms with Crippen molar-refractivity contribution in [2.75, 3.05) is 13.2 Å². The van der Waals surface area contributed by atoms with Crippen LogP contribution in [0.4, 0.5) is 8.78 Å². The van der Waals surface area contributed by atoms with Crippen LogP contribution in [0.3, 0.4) is 0 Å². The van der Waals surface area contributed by atoms with Gasteiger partial charge in [0.2, 0.25) is 0 Å². The van der Waals surface area contributed by atoms with Gasteiger partial charge in [-0.3, -0.25) is 0 Å². The van der Waals surface area contributed by atoms with E-state index in [1.807, 2.05) is 0 Å². The Hall–Kier alpha value is -1.00. The minimum absolute atomic E-state index is 0.179. The van der Waals surface area contributed by atoms with Crippen molar-refractivity contribution in [2.45, 2.75) is 45.6 Å². The van der Waals surface area contributed by atoms with E-state index in [1.54, 1.807) is 6.07 Å². The summed E-state index contributed by atoms with van der Waals surface area (Å²) in [6.07, 6.45) is 3.51. The summed E-state index contributed by atoms with van der Waals surface area (Å²) < 4.78 is 33.2. The van der Waals surface area contributed by atoms with E-state index in [2.05, 4.69) is 13.8 Å². The highest BCUT2D eigenvalue weighted by Crippen LogP contribution is 2.34. The first-order chi connectivity index (χ1) is 9.65. The quantitative estimate of drug-likeness (QED) is 0.738. The molecule has 0 aliphatic heterocycles. The summed E-state index contributed by atoms with van der Waals surface area (Å²) in [6.45, 7) is 4.89. The molecule has 2 atom stereocenters. The van der Waals surface area contributed by atoms with Crippen LogP contribution in [0.25, 0.3) is 0 Å². The molecule has 4 heteroatoms. The first-order valence-corrected chi connectivity index (χ1v) is 7.41. The summed E-state index contributed by atoms with van der Waals surface area (Å²) in [6, 6.07) is 4.26. The summed E-state index contributed by atoms with van der Waals surface area (Å²) in [5.74, 6) is -1.45. The Morgan fingerprint density at radius 2 is 2.00 bits per heavy atom. The SMILES string of the molecule is CCCC[C@H](CC)[C@@H](OCCN)c1cccc(F)c1F. The van der Waals surface area contributed by atoms with Crippen molar-refractivity contribution in [3.63, 3.8) is 0 Å². The number of unbranched alkanes of at least 4 members (excludes halogenated alkanes) is 1. The second-order valence-corrected chi connectivity index (χ2v) is 5.03. The zero-order chi connectivity index (χ0) is 15.0. The maximum Gasteiger partial charge on any atom is 0.164 e. The van der Waals surface area contributed by atoms with Crippen LogP contribution in [0.1, 0.15) is 51.2 Å². The maximum absolute atomic E-state index is 14.0. The molecule has 0 aromatic heterocycles. The third-order valence-corrected chi connectivity index (χ3v) is 3.58. The predicted molar refractivity (Wildman–Crippen MR) is 77.4 cm³/mol. The van der Waals surface area contributed by atoms with Gasteiger partial charge >= 0.3 is 0 Å². The van der Waals surface area contributed by atoms with Gasteiger partial charge < -0.3 is 10.5 Å². The monoisotopic (exact) mass is 285 g/mol. The zero-order valence-corrected chi connectivity index (χ0v) is 12.4. The summed E-state index contributed by atoms with van der Waals surface area (Å²) in [5.41, 5.74) is 5.78. The highest BCUT2D eigenvalue weighted by molar-refractivity contribution is 5.22. The average Bonchev–Trinajstić information content (AvgIpc) is 2.46. The van der Waals surface area contributed by atoms with Crippen molar-refractivity contribution >= 4 is 0 Å². The van der Waals surface area contributed by atoms with Crippen molar-refractivity contribution in [2.24, 2.45) is 11.7 Å². The minimum atomic E-state index is -0.825. The van der Waals surface area contributed by atoms with Crippen LogP contribution in [0.5, 0.6) is 0 Å². The topological polar surface area (TPSA) is 35.2 Å². The van der Waals surface area contributed by atoms with Crippen LogP contribution in [0.2, 0.25) is 0 Å². The maximum atomic E-state index is 14.0. The lowest BCUT2D eigenvalue weighted by Crippen LogP contribution is -2.21. The molecule has 0 fully saturated rings. The van der Waals surface area contributed by atoms with Gasteiger partial charge in [0.25, 0.3) is 0 Å². The standard InChI is InChI=1S/C16H25F2NO/c1-3-5-7-12(4-2)16(20-11-10-19)13-8-6-9-14(17)15(13)18/h6,8-9,12,16H,3-5,7,10-11,19H2,1-2H3/t12-,16+/m0/s1. The van der Waals surface area contributed by atoms with Crippen molar-refractivity contribution in [1.29, 1.82) is 0 Å². The molecular formula is C16H25F2NO. The number of rotatable bonds is 9. The van der Waals surface area contributed by atoms with E-state index in [0.717, 1.165) is 31.7 Å². The first kappa shape index (κ1) is 17.1. The fourth-order valence-corrected chi connectivity index (χ4v) is 2.45. The van der Waals surface area contributed by atoms with Gasteiger partial charge in [0.1, 0.15) is 0 Å². The normalized spacial score (nSPS) is 14.2. The fourth-order valence-electron chi connectivity index (χ4n) is 2.45. The molecule has 1 aromatic rings. The highest BCUT2D eigenvalue weighted by atomic mass is 19.2. The van der Waals surface area contributed by atoms with E-state index >= 15 is 0 Å². The molecule has 0 bridgehead atoms. The Morgan fingerprint density at radius 1 is 1.25 bits per heavy atom. The fraction of sp³-hybridized carbons (Fsp3) is 0.625. The van der Waals surface area contributed by atoms with Crippen molar-refractivity contribution in [3.8, 4) is 0 Å². The Balaban J connectivity index is 2.99. The van der Waals surface area contributed by atoms with E-state index in [0.29, 0.717) is 18.7 Å². The molecule has 0 heterocycles. The lowest BCUT2D eigenvalue weighted by Gasteiger charge is -2.27. The largest absolute Gasteiger partial charge is 0.372 e. The van der Waals surface area contributed by atoms with Gasteiger partial charge in [-0.15, -0.1) is 0 Å². The number of halogens is 2. The van der Waals surface area contributed by atoms with Crippen molar-refractivity contribution in [1.82, 2.24) is 0 Å². The van der Waals surface area contributed by atoms with Crippen LogP contribution < -0.4 is 5.73 Å². The average molecular weight is 285 g/mol. The Bertz CT molecular complexity index is 398. The molecule has 2 nitrogen and oxygen atoms in total. The zero-order valence-electron chi connectivity index (χ0n) is 12.4. The molecule has 0 aliphatic rings. The molecule has 0 spiro atoms. The number of nitrogens with two attached hydrogens (primary N) is 1. The van der Waals surface area contributed by atoms with Gasteiger partial charge in [0.15, 0.2) is 11.6 Å². The molecule has 0 radical (unpaired) electrons. The van der Waals surface area contributed by atoms with Crippen LogP contribution in [-0.4, -0.2) is 13.2 Å². The third kappa shape index (κ3) is 4.53. The molecule has 114 valence electrons. The number of hydrogen-bond acceptors (Lipinski definition) is 2. The Labute approximate surface area is 120 Å². The van der Waals surface area contributed by atoms with E-state index in [-0.39, 0.29) is 5.92 Å². The lowest BCUT2D eigenvalue weighted by atomic mass is 9.88. The number of hydrogen-bond donors (Lipinski definition) is 1. The Morgan fingerprint density at radius 3 is 2.60 bits per heavy atom.